The third-order valence-corrected chi connectivity index (χ3v) is 6.71. The van der Waals surface area contributed by atoms with Crippen LogP contribution in [0.15, 0.2) is 42.5 Å². The Kier molecular flexibility index (Phi) is 5.07. The van der Waals surface area contributed by atoms with Gasteiger partial charge in [-0.25, -0.2) is 0 Å². The molecule has 0 fully saturated rings. The minimum absolute atomic E-state index is 0.207. The molecule has 2 heteroatoms. The Labute approximate surface area is 170 Å². The average Bonchev–Trinajstić information content (AvgIpc) is 3.07. The van der Waals surface area contributed by atoms with Crippen LogP contribution >= 0.6 is 0 Å². The number of amides is 1. The van der Waals surface area contributed by atoms with Crippen molar-refractivity contribution in [2.75, 3.05) is 11.4 Å². The molecule has 28 heavy (non-hydrogen) atoms. The first kappa shape index (κ1) is 19.2. The van der Waals surface area contributed by atoms with E-state index in [0.717, 1.165) is 25.1 Å². The van der Waals surface area contributed by atoms with E-state index < -0.39 is 0 Å². The van der Waals surface area contributed by atoms with Gasteiger partial charge in [-0.1, -0.05) is 64.1 Å². The quantitative estimate of drug-likeness (QED) is 0.652. The van der Waals surface area contributed by atoms with Crippen molar-refractivity contribution in [3.63, 3.8) is 0 Å². The van der Waals surface area contributed by atoms with Crippen LogP contribution in [0.1, 0.15) is 68.7 Å². The second kappa shape index (κ2) is 7.39. The fraction of sp³-hybridized carbons (Fsp3) is 0.500. The molecule has 2 aromatic rings. The molecule has 0 N–H and O–H groups in total. The topological polar surface area (TPSA) is 20.3 Å². The van der Waals surface area contributed by atoms with Gasteiger partial charge >= 0.3 is 0 Å². The van der Waals surface area contributed by atoms with Crippen molar-refractivity contribution in [1.82, 2.24) is 0 Å². The molecule has 0 radical (unpaired) electrons. The number of anilines is 1. The molecule has 1 aliphatic carbocycles. The van der Waals surface area contributed by atoms with Crippen molar-refractivity contribution in [3.8, 4) is 0 Å². The molecule has 0 saturated heterocycles. The Morgan fingerprint density at radius 2 is 1.75 bits per heavy atom. The number of carbonyl (C=O) groups is 1. The Morgan fingerprint density at radius 1 is 1.07 bits per heavy atom. The molecule has 2 aromatic carbocycles. The molecule has 148 valence electrons. The lowest BCUT2D eigenvalue weighted by Crippen LogP contribution is -2.38. The van der Waals surface area contributed by atoms with Crippen molar-refractivity contribution >= 4 is 11.6 Å². The van der Waals surface area contributed by atoms with Gasteiger partial charge in [-0.15, -0.1) is 0 Å². The van der Waals surface area contributed by atoms with Gasteiger partial charge in [0.1, 0.15) is 0 Å². The van der Waals surface area contributed by atoms with Crippen LogP contribution < -0.4 is 4.90 Å². The summed E-state index contributed by atoms with van der Waals surface area (Å²) in [5.41, 5.74) is 7.22. The van der Waals surface area contributed by atoms with Gasteiger partial charge in [-0.05, 0) is 71.3 Å². The summed E-state index contributed by atoms with van der Waals surface area (Å²) in [4.78, 5) is 14.5. The third-order valence-electron chi connectivity index (χ3n) is 6.71. The minimum Gasteiger partial charge on any atom is -0.312 e. The monoisotopic (exact) mass is 375 g/mol. The first-order chi connectivity index (χ1) is 13.4. The van der Waals surface area contributed by atoms with Crippen LogP contribution in [0.25, 0.3) is 0 Å². The molecule has 2 aliphatic rings. The molecule has 0 saturated carbocycles. The normalized spacial score (nSPS) is 19.4. The Hall–Kier alpha value is -2.09. The maximum Gasteiger partial charge on any atom is 0.226 e. The van der Waals surface area contributed by atoms with Crippen LogP contribution in [-0.2, 0) is 24.1 Å². The first-order valence-electron chi connectivity index (χ1n) is 10.9. The second-order valence-corrected chi connectivity index (χ2v) is 9.75. The Morgan fingerprint density at radius 3 is 2.36 bits per heavy atom. The summed E-state index contributed by atoms with van der Waals surface area (Å²) in [5.74, 6) is 1.44. The van der Waals surface area contributed by atoms with Gasteiger partial charge < -0.3 is 4.90 Å². The highest BCUT2D eigenvalue weighted by atomic mass is 16.2. The average molecular weight is 376 g/mol. The molecule has 0 bridgehead atoms. The molecule has 1 heterocycles. The van der Waals surface area contributed by atoms with Crippen molar-refractivity contribution in [2.24, 2.45) is 11.3 Å². The summed E-state index contributed by atoms with van der Waals surface area (Å²) < 4.78 is 0. The molecular formula is C26H33NO. The maximum atomic E-state index is 12.5. The minimum atomic E-state index is 0.207. The van der Waals surface area contributed by atoms with E-state index in [-0.39, 0.29) is 11.3 Å². The van der Waals surface area contributed by atoms with Gasteiger partial charge in [0.2, 0.25) is 5.91 Å². The summed E-state index contributed by atoms with van der Waals surface area (Å²) in [5, 5.41) is 0. The van der Waals surface area contributed by atoms with Crippen LogP contribution in [0.5, 0.6) is 0 Å². The van der Waals surface area contributed by atoms with Crippen LogP contribution in [0.4, 0.5) is 5.69 Å². The van der Waals surface area contributed by atoms with Crippen LogP contribution in [0.3, 0.4) is 0 Å². The molecule has 4 rings (SSSR count). The lowest BCUT2D eigenvalue weighted by atomic mass is 9.72. The zero-order valence-electron chi connectivity index (χ0n) is 17.8. The van der Waals surface area contributed by atoms with Gasteiger partial charge in [0, 0.05) is 18.7 Å². The van der Waals surface area contributed by atoms with Gasteiger partial charge in [0.15, 0.2) is 0 Å². The van der Waals surface area contributed by atoms with E-state index >= 15 is 0 Å². The summed E-state index contributed by atoms with van der Waals surface area (Å²) in [6.45, 7) is 9.81. The lowest BCUT2D eigenvalue weighted by Gasteiger charge is -2.40. The third kappa shape index (κ3) is 3.62. The number of nitrogens with zero attached hydrogens (tertiary/aromatic N) is 1. The molecule has 2 nitrogen and oxygen atoms in total. The van der Waals surface area contributed by atoms with E-state index in [1.165, 1.54) is 35.1 Å². The fourth-order valence-electron chi connectivity index (χ4n) is 5.27. The first-order valence-corrected chi connectivity index (χ1v) is 10.9. The maximum absolute atomic E-state index is 12.5. The van der Waals surface area contributed by atoms with Gasteiger partial charge in [-0.2, -0.15) is 0 Å². The van der Waals surface area contributed by atoms with E-state index in [1.54, 1.807) is 0 Å². The van der Waals surface area contributed by atoms with Crippen LogP contribution in [0.2, 0.25) is 0 Å². The summed E-state index contributed by atoms with van der Waals surface area (Å²) >= 11 is 0. The molecule has 1 atom stereocenters. The van der Waals surface area contributed by atoms with Crippen molar-refractivity contribution in [1.29, 1.82) is 0 Å². The van der Waals surface area contributed by atoms with Crippen LogP contribution in [-0.4, -0.2) is 12.5 Å². The van der Waals surface area contributed by atoms with Gasteiger partial charge in [0.05, 0.1) is 0 Å². The van der Waals surface area contributed by atoms with E-state index in [0.29, 0.717) is 18.3 Å². The van der Waals surface area contributed by atoms with E-state index in [9.17, 15) is 4.79 Å². The summed E-state index contributed by atoms with van der Waals surface area (Å²) in [6.07, 6.45) is 5.13. The van der Waals surface area contributed by atoms with Gasteiger partial charge in [0.25, 0.3) is 0 Å². The fourth-order valence-corrected chi connectivity index (χ4v) is 5.27. The van der Waals surface area contributed by atoms with E-state index in [1.807, 2.05) is 11.8 Å². The standard InChI is InChI=1S/C26H33NO/c1-5-25(28)27-13-12-23(26(2,3)4)22-17-18(10-11-24(22)27)14-19-15-20-8-6-7-9-21(20)16-19/h6-11,17,19,23H,5,12-16H2,1-4H3. The summed E-state index contributed by atoms with van der Waals surface area (Å²) in [7, 11) is 0. The molecule has 0 spiro atoms. The van der Waals surface area contributed by atoms with E-state index in [4.69, 9.17) is 0 Å². The van der Waals surface area contributed by atoms with E-state index in [2.05, 4.69) is 63.2 Å². The number of fused-ring (bicyclic) bond motifs is 2. The van der Waals surface area contributed by atoms with Gasteiger partial charge in [-0.3, -0.25) is 4.79 Å². The Bertz CT molecular complexity index is 851. The molecule has 1 unspecified atom stereocenters. The smallest absolute Gasteiger partial charge is 0.226 e. The van der Waals surface area contributed by atoms with Crippen molar-refractivity contribution in [2.45, 2.75) is 65.7 Å². The molecule has 0 aromatic heterocycles. The zero-order valence-corrected chi connectivity index (χ0v) is 17.8. The number of carbonyl (C=O) groups excluding carboxylic acids is 1. The number of hydrogen-bond donors (Lipinski definition) is 0. The largest absolute Gasteiger partial charge is 0.312 e. The summed E-state index contributed by atoms with van der Waals surface area (Å²) in [6, 6.07) is 15.8. The van der Waals surface area contributed by atoms with Crippen LogP contribution in [0, 0.1) is 11.3 Å². The van der Waals surface area contributed by atoms with Crippen molar-refractivity contribution in [3.05, 3.63) is 64.7 Å². The second-order valence-electron chi connectivity index (χ2n) is 9.75. The predicted molar refractivity (Wildman–Crippen MR) is 117 cm³/mol. The number of hydrogen-bond acceptors (Lipinski definition) is 1. The highest BCUT2D eigenvalue weighted by Gasteiger charge is 2.35. The number of benzene rings is 2. The number of rotatable bonds is 3. The SMILES string of the molecule is CCC(=O)N1CCC(C(C)(C)C)c2cc(CC3Cc4ccccc4C3)ccc21. The van der Waals surface area contributed by atoms with Crippen molar-refractivity contribution < 1.29 is 4.79 Å². The highest BCUT2D eigenvalue weighted by Crippen LogP contribution is 2.46. The zero-order chi connectivity index (χ0) is 19.9. The lowest BCUT2D eigenvalue weighted by molar-refractivity contribution is -0.118. The predicted octanol–water partition coefficient (Wildman–Crippen LogP) is 5.92. The molecule has 1 aliphatic heterocycles. The molecular weight excluding hydrogens is 342 g/mol. The Balaban J connectivity index is 1.62. The molecule has 1 amide bonds. The highest BCUT2D eigenvalue weighted by molar-refractivity contribution is 5.94.